The van der Waals surface area contributed by atoms with Crippen molar-refractivity contribution in [3.63, 3.8) is 0 Å². The van der Waals surface area contributed by atoms with Crippen LogP contribution >= 0.6 is 0 Å². The van der Waals surface area contributed by atoms with Crippen LogP contribution in [0.15, 0.2) is 66.7 Å². The van der Waals surface area contributed by atoms with Crippen LogP contribution < -0.4 is 19.5 Å². The lowest BCUT2D eigenvalue weighted by molar-refractivity contribution is 0.174. The minimum Gasteiger partial charge on any atom is -0.496 e. The summed E-state index contributed by atoms with van der Waals surface area (Å²) in [5.41, 5.74) is 4.97. The average molecular weight is 389 g/mol. The summed E-state index contributed by atoms with van der Waals surface area (Å²) in [5.74, 6) is 2.74. The molecule has 0 unspecified atom stereocenters. The highest BCUT2D eigenvalue weighted by molar-refractivity contribution is 5.49. The smallest absolute Gasteiger partial charge is 0.231 e. The summed E-state index contributed by atoms with van der Waals surface area (Å²) >= 11 is 0. The van der Waals surface area contributed by atoms with Gasteiger partial charge in [0.2, 0.25) is 6.79 Å². The Labute approximate surface area is 172 Å². The van der Waals surface area contributed by atoms with Crippen molar-refractivity contribution in [1.29, 1.82) is 0 Å². The Kier molecular flexibility index (Phi) is 6.01. The predicted molar refractivity (Wildman–Crippen MR) is 115 cm³/mol. The maximum atomic E-state index is 5.65. The molecule has 0 aromatic heterocycles. The number of nitrogens with one attached hydrogen (secondary N) is 1. The van der Waals surface area contributed by atoms with Gasteiger partial charge in [-0.2, -0.15) is 0 Å². The largest absolute Gasteiger partial charge is 0.496 e. The molecule has 4 nitrogen and oxygen atoms in total. The van der Waals surface area contributed by atoms with E-state index in [-0.39, 0.29) is 12.7 Å². The van der Waals surface area contributed by atoms with Crippen molar-refractivity contribution >= 4 is 0 Å². The summed E-state index contributed by atoms with van der Waals surface area (Å²) in [6.07, 6.45) is 0.950. The zero-order valence-electron chi connectivity index (χ0n) is 17.0. The van der Waals surface area contributed by atoms with Crippen molar-refractivity contribution in [3.05, 3.63) is 89.0 Å². The molecular weight excluding hydrogens is 362 g/mol. The molecule has 1 heterocycles. The van der Waals surface area contributed by atoms with Gasteiger partial charge in [-0.1, -0.05) is 54.1 Å². The third kappa shape index (κ3) is 4.54. The third-order valence-electron chi connectivity index (χ3n) is 5.37. The fourth-order valence-corrected chi connectivity index (χ4v) is 3.77. The number of fused-ring (bicyclic) bond motifs is 1. The Morgan fingerprint density at radius 1 is 0.966 bits per heavy atom. The monoisotopic (exact) mass is 389 g/mol. The van der Waals surface area contributed by atoms with Crippen molar-refractivity contribution in [1.82, 2.24) is 5.32 Å². The van der Waals surface area contributed by atoms with Crippen LogP contribution in [-0.4, -0.2) is 20.4 Å². The SMILES string of the molecule is COc1ccccc1[C@H](CCNCc1ccc(C)cc1)c1ccc2c(c1)OCO2. The van der Waals surface area contributed by atoms with E-state index in [1.807, 2.05) is 18.2 Å². The quantitative estimate of drug-likeness (QED) is 0.548. The molecule has 0 fully saturated rings. The molecule has 29 heavy (non-hydrogen) atoms. The number of methoxy groups -OCH3 is 1. The zero-order chi connectivity index (χ0) is 20.1. The van der Waals surface area contributed by atoms with Crippen LogP contribution in [-0.2, 0) is 6.54 Å². The number of para-hydroxylation sites is 1. The molecule has 3 aromatic rings. The normalized spacial score (nSPS) is 13.3. The van der Waals surface area contributed by atoms with E-state index < -0.39 is 0 Å². The second-order valence-electron chi connectivity index (χ2n) is 7.36. The molecule has 0 spiro atoms. The topological polar surface area (TPSA) is 39.7 Å². The van der Waals surface area contributed by atoms with Gasteiger partial charge in [0.1, 0.15) is 5.75 Å². The average Bonchev–Trinajstić information content (AvgIpc) is 3.23. The van der Waals surface area contributed by atoms with E-state index >= 15 is 0 Å². The predicted octanol–water partition coefficient (Wildman–Crippen LogP) is 5.04. The van der Waals surface area contributed by atoms with Gasteiger partial charge in [-0.3, -0.25) is 0 Å². The fraction of sp³-hybridized carbons (Fsp3) is 0.280. The molecule has 0 saturated carbocycles. The van der Waals surface area contributed by atoms with E-state index in [0.717, 1.165) is 36.8 Å². The lowest BCUT2D eigenvalue weighted by atomic mass is 9.87. The van der Waals surface area contributed by atoms with E-state index in [4.69, 9.17) is 14.2 Å². The molecule has 0 bridgehead atoms. The molecule has 1 aliphatic rings. The number of aryl methyl sites for hydroxylation is 1. The molecule has 1 aliphatic heterocycles. The second-order valence-corrected chi connectivity index (χ2v) is 7.36. The van der Waals surface area contributed by atoms with E-state index in [9.17, 15) is 0 Å². The molecule has 0 saturated heterocycles. The first-order valence-electron chi connectivity index (χ1n) is 10.0. The van der Waals surface area contributed by atoms with Crippen LogP contribution in [0.1, 0.15) is 34.6 Å². The highest BCUT2D eigenvalue weighted by Gasteiger charge is 2.21. The highest BCUT2D eigenvalue weighted by Crippen LogP contribution is 2.39. The molecular formula is C25H27NO3. The summed E-state index contributed by atoms with van der Waals surface area (Å²) in [7, 11) is 1.73. The van der Waals surface area contributed by atoms with Crippen LogP contribution in [0.2, 0.25) is 0 Å². The highest BCUT2D eigenvalue weighted by atomic mass is 16.7. The van der Waals surface area contributed by atoms with Crippen molar-refractivity contribution in [2.75, 3.05) is 20.4 Å². The molecule has 0 aliphatic carbocycles. The standard InChI is InChI=1S/C25H27NO3/c1-18-7-9-19(10-8-18)16-26-14-13-21(22-5-3-4-6-23(22)27-2)20-11-12-24-25(15-20)29-17-28-24/h3-12,15,21,26H,13-14,16-17H2,1-2H3/t21-/m1/s1. The van der Waals surface area contributed by atoms with Crippen LogP contribution in [0.4, 0.5) is 0 Å². The Balaban J connectivity index is 1.51. The summed E-state index contributed by atoms with van der Waals surface area (Å²) in [6.45, 7) is 4.15. The van der Waals surface area contributed by atoms with Crippen molar-refractivity contribution < 1.29 is 14.2 Å². The fourth-order valence-electron chi connectivity index (χ4n) is 3.77. The first kappa shape index (κ1) is 19.3. The van der Waals surface area contributed by atoms with Gasteiger partial charge in [0.15, 0.2) is 11.5 Å². The van der Waals surface area contributed by atoms with Gasteiger partial charge in [0.25, 0.3) is 0 Å². The first-order chi connectivity index (χ1) is 14.2. The molecule has 3 aromatic carbocycles. The minimum atomic E-state index is 0.200. The van der Waals surface area contributed by atoms with Gasteiger partial charge in [0, 0.05) is 18.0 Å². The molecule has 1 atom stereocenters. The van der Waals surface area contributed by atoms with E-state index in [0.29, 0.717) is 0 Å². The van der Waals surface area contributed by atoms with Gasteiger partial charge in [-0.25, -0.2) is 0 Å². The Morgan fingerprint density at radius 3 is 2.59 bits per heavy atom. The summed E-state index contributed by atoms with van der Waals surface area (Å²) in [4.78, 5) is 0. The molecule has 0 amide bonds. The van der Waals surface area contributed by atoms with Crippen molar-refractivity contribution in [2.24, 2.45) is 0 Å². The Morgan fingerprint density at radius 2 is 1.76 bits per heavy atom. The number of hydrogen-bond donors (Lipinski definition) is 1. The van der Waals surface area contributed by atoms with Crippen molar-refractivity contribution in [3.8, 4) is 17.2 Å². The maximum absolute atomic E-state index is 5.65. The van der Waals surface area contributed by atoms with Crippen molar-refractivity contribution in [2.45, 2.75) is 25.8 Å². The maximum Gasteiger partial charge on any atom is 0.231 e. The lowest BCUT2D eigenvalue weighted by Crippen LogP contribution is -2.18. The Hall–Kier alpha value is -2.98. The number of ether oxygens (including phenoxy) is 3. The van der Waals surface area contributed by atoms with Gasteiger partial charge in [-0.05, 0) is 49.2 Å². The summed E-state index contributed by atoms with van der Waals surface area (Å²) in [5, 5.41) is 3.58. The molecule has 4 heteroatoms. The second kappa shape index (κ2) is 9.01. The van der Waals surface area contributed by atoms with Crippen LogP contribution in [0.25, 0.3) is 0 Å². The third-order valence-corrected chi connectivity index (χ3v) is 5.37. The van der Waals surface area contributed by atoms with Crippen LogP contribution in [0.5, 0.6) is 17.2 Å². The van der Waals surface area contributed by atoms with Gasteiger partial charge >= 0.3 is 0 Å². The first-order valence-corrected chi connectivity index (χ1v) is 10.0. The van der Waals surface area contributed by atoms with Gasteiger partial charge < -0.3 is 19.5 Å². The van der Waals surface area contributed by atoms with Gasteiger partial charge in [0.05, 0.1) is 7.11 Å². The minimum absolute atomic E-state index is 0.200. The molecule has 4 rings (SSSR count). The zero-order valence-corrected chi connectivity index (χ0v) is 17.0. The number of rotatable bonds is 8. The van der Waals surface area contributed by atoms with Gasteiger partial charge in [-0.15, -0.1) is 0 Å². The van der Waals surface area contributed by atoms with Crippen LogP contribution in [0.3, 0.4) is 0 Å². The number of benzene rings is 3. The van der Waals surface area contributed by atoms with E-state index in [2.05, 4.69) is 60.8 Å². The lowest BCUT2D eigenvalue weighted by Gasteiger charge is -2.21. The molecule has 1 N–H and O–H groups in total. The van der Waals surface area contributed by atoms with E-state index in [1.54, 1.807) is 7.11 Å². The molecule has 0 radical (unpaired) electrons. The Bertz CT molecular complexity index is 953. The van der Waals surface area contributed by atoms with Crippen LogP contribution in [0, 0.1) is 6.92 Å². The summed E-state index contributed by atoms with van der Waals surface area (Å²) in [6, 6.07) is 23.1. The summed E-state index contributed by atoms with van der Waals surface area (Å²) < 4.78 is 16.7. The van der Waals surface area contributed by atoms with E-state index in [1.165, 1.54) is 22.3 Å². The molecule has 150 valence electrons. The number of hydrogen-bond acceptors (Lipinski definition) is 4.